The molecule has 0 radical (unpaired) electrons. The molecule has 18 heavy (non-hydrogen) atoms. The number of hydrogen-bond acceptors (Lipinski definition) is 3. The molecule has 0 aliphatic heterocycles. The van der Waals surface area contributed by atoms with E-state index in [9.17, 15) is 0 Å². The third-order valence-corrected chi connectivity index (χ3v) is 3.35. The minimum Gasteiger partial charge on any atom is -0.495 e. The SMILES string of the molecule is COc1cc(Br)cc(C)c1NC(C)c1ccoc1. The zero-order valence-electron chi connectivity index (χ0n) is 10.7. The number of nitrogens with one attached hydrogen (secondary N) is 1. The second kappa shape index (κ2) is 5.48. The number of ether oxygens (including phenoxy) is 1. The van der Waals surface area contributed by atoms with Gasteiger partial charge >= 0.3 is 0 Å². The Morgan fingerprint density at radius 1 is 1.39 bits per heavy atom. The molecule has 0 saturated heterocycles. The minimum atomic E-state index is 0.164. The molecule has 1 unspecified atom stereocenters. The second-order valence-electron chi connectivity index (χ2n) is 4.22. The van der Waals surface area contributed by atoms with E-state index < -0.39 is 0 Å². The summed E-state index contributed by atoms with van der Waals surface area (Å²) in [6.07, 6.45) is 3.43. The van der Waals surface area contributed by atoms with Gasteiger partial charge in [0, 0.05) is 10.0 Å². The van der Waals surface area contributed by atoms with Crippen LogP contribution in [-0.4, -0.2) is 7.11 Å². The van der Waals surface area contributed by atoms with E-state index in [-0.39, 0.29) is 6.04 Å². The Labute approximate surface area is 115 Å². The number of rotatable bonds is 4. The molecule has 3 nitrogen and oxygen atoms in total. The molecular formula is C14H16BrNO2. The average molecular weight is 310 g/mol. The van der Waals surface area contributed by atoms with E-state index in [2.05, 4.69) is 41.2 Å². The van der Waals surface area contributed by atoms with Crippen molar-refractivity contribution in [2.24, 2.45) is 0 Å². The van der Waals surface area contributed by atoms with Crippen molar-refractivity contribution >= 4 is 21.6 Å². The standard InChI is InChI=1S/C14H16BrNO2/c1-9-6-12(15)7-13(17-3)14(9)16-10(2)11-4-5-18-8-11/h4-8,10,16H,1-3H3. The van der Waals surface area contributed by atoms with Crippen molar-refractivity contribution in [3.05, 3.63) is 46.3 Å². The summed E-state index contributed by atoms with van der Waals surface area (Å²) in [7, 11) is 1.68. The van der Waals surface area contributed by atoms with Crippen LogP contribution < -0.4 is 10.1 Å². The first-order valence-electron chi connectivity index (χ1n) is 5.74. The molecule has 1 aromatic heterocycles. The summed E-state index contributed by atoms with van der Waals surface area (Å²) in [5.41, 5.74) is 3.25. The van der Waals surface area contributed by atoms with Crippen LogP contribution in [0.4, 0.5) is 5.69 Å². The first kappa shape index (κ1) is 13.0. The van der Waals surface area contributed by atoms with Crippen LogP contribution in [-0.2, 0) is 0 Å². The van der Waals surface area contributed by atoms with Gasteiger partial charge in [-0.1, -0.05) is 15.9 Å². The molecule has 4 heteroatoms. The largest absolute Gasteiger partial charge is 0.495 e. The van der Waals surface area contributed by atoms with Gasteiger partial charge in [0.05, 0.1) is 31.4 Å². The molecule has 0 aliphatic carbocycles. The highest BCUT2D eigenvalue weighted by Gasteiger charge is 2.13. The van der Waals surface area contributed by atoms with Gasteiger partial charge in [-0.05, 0) is 37.6 Å². The van der Waals surface area contributed by atoms with E-state index in [1.807, 2.05) is 12.1 Å². The Morgan fingerprint density at radius 2 is 2.17 bits per heavy atom. The summed E-state index contributed by atoms with van der Waals surface area (Å²) in [6.45, 7) is 4.14. The number of hydrogen-bond donors (Lipinski definition) is 1. The summed E-state index contributed by atoms with van der Waals surface area (Å²) in [5.74, 6) is 0.831. The third kappa shape index (κ3) is 2.70. The van der Waals surface area contributed by atoms with Crippen molar-refractivity contribution in [3.8, 4) is 5.75 Å². The van der Waals surface area contributed by atoms with E-state index >= 15 is 0 Å². The average Bonchev–Trinajstić information content (AvgIpc) is 2.85. The maximum Gasteiger partial charge on any atom is 0.143 e. The van der Waals surface area contributed by atoms with Gasteiger partial charge in [0.1, 0.15) is 5.75 Å². The lowest BCUT2D eigenvalue weighted by Crippen LogP contribution is -2.08. The molecule has 0 fully saturated rings. The van der Waals surface area contributed by atoms with Crippen molar-refractivity contribution in [1.82, 2.24) is 0 Å². The van der Waals surface area contributed by atoms with Gasteiger partial charge in [-0.25, -0.2) is 0 Å². The van der Waals surface area contributed by atoms with Crippen molar-refractivity contribution < 1.29 is 9.15 Å². The Bertz CT molecular complexity index is 523. The Hall–Kier alpha value is -1.42. The van der Waals surface area contributed by atoms with Crippen molar-refractivity contribution in [2.45, 2.75) is 19.9 Å². The van der Waals surface area contributed by atoms with E-state index in [4.69, 9.17) is 9.15 Å². The number of halogens is 1. The van der Waals surface area contributed by atoms with Crippen LogP contribution in [0.15, 0.2) is 39.6 Å². The van der Waals surface area contributed by atoms with Crippen LogP contribution in [0.1, 0.15) is 24.1 Å². The lowest BCUT2D eigenvalue weighted by Gasteiger charge is -2.19. The van der Waals surface area contributed by atoms with Crippen molar-refractivity contribution in [2.75, 3.05) is 12.4 Å². The van der Waals surface area contributed by atoms with Gasteiger partial charge in [-0.3, -0.25) is 0 Å². The highest BCUT2D eigenvalue weighted by atomic mass is 79.9. The number of methoxy groups -OCH3 is 1. The molecule has 2 aromatic rings. The molecule has 1 heterocycles. The highest BCUT2D eigenvalue weighted by molar-refractivity contribution is 9.10. The molecule has 0 aliphatic rings. The first-order chi connectivity index (χ1) is 8.61. The summed E-state index contributed by atoms with van der Waals surface area (Å²) in [4.78, 5) is 0. The molecule has 1 atom stereocenters. The van der Waals surface area contributed by atoms with Gasteiger partial charge in [0.25, 0.3) is 0 Å². The second-order valence-corrected chi connectivity index (χ2v) is 5.14. The Kier molecular flexibility index (Phi) is 3.97. The van der Waals surface area contributed by atoms with E-state index in [0.29, 0.717) is 0 Å². The lowest BCUT2D eigenvalue weighted by molar-refractivity contribution is 0.415. The fraction of sp³-hybridized carbons (Fsp3) is 0.286. The Balaban J connectivity index is 2.28. The molecule has 2 rings (SSSR count). The van der Waals surface area contributed by atoms with Gasteiger partial charge in [-0.15, -0.1) is 0 Å². The minimum absolute atomic E-state index is 0.164. The van der Waals surface area contributed by atoms with Crippen LogP contribution in [0.2, 0.25) is 0 Å². The predicted molar refractivity (Wildman–Crippen MR) is 76.2 cm³/mol. The molecular weight excluding hydrogens is 294 g/mol. The normalized spacial score (nSPS) is 12.2. The molecule has 96 valence electrons. The van der Waals surface area contributed by atoms with Gasteiger partial charge < -0.3 is 14.5 Å². The fourth-order valence-electron chi connectivity index (χ4n) is 1.88. The van der Waals surface area contributed by atoms with E-state index in [1.54, 1.807) is 19.6 Å². The molecule has 0 bridgehead atoms. The van der Waals surface area contributed by atoms with Crippen LogP contribution >= 0.6 is 15.9 Å². The van der Waals surface area contributed by atoms with Crippen LogP contribution in [0.5, 0.6) is 5.75 Å². The molecule has 1 N–H and O–H groups in total. The lowest BCUT2D eigenvalue weighted by atomic mass is 10.1. The van der Waals surface area contributed by atoms with Crippen molar-refractivity contribution in [3.63, 3.8) is 0 Å². The fourth-order valence-corrected chi connectivity index (χ4v) is 2.43. The summed E-state index contributed by atoms with van der Waals surface area (Å²) in [6, 6.07) is 6.14. The Morgan fingerprint density at radius 3 is 2.78 bits per heavy atom. The topological polar surface area (TPSA) is 34.4 Å². The van der Waals surface area contributed by atoms with Gasteiger partial charge in [0.15, 0.2) is 0 Å². The number of aryl methyl sites for hydroxylation is 1. The predicted octanol–water partition coefficient (Wildman–Crippen LogP) is 4.53. The van der Waals surface area contributed by atoms with Crippen molar-refractivity contribution in [1.29, 1.82) is 0 Å². The van der Waals surface area contributed by atoms with E-state index in [0.717, 1.165) is 27.0 Å². The molecule has 0 saturated carbocycles. The zero-order valence-corrected chi connectivity index (χ0v) is 12.2. The summed E-state index contributed by atoms with van der Waals surface area (Å²) < 4.78 is 11.5. The summed E-state index contributed by atoms with van der Waals surface area (Å²) >= 11 is 3.47. The van der Waals surface area contributed by atoms with Crippen LogP contribution in [0, 0.1) is 6.92 Å². The number of benzene rings is 1. The van der Waals surface area contributed by atoms with E-state index in [1.165, 1.54) is 0 Å². The van der Waals surface area contributed by atoms with Gasteiger partial charge in [0.2, 0.25) is 0 Å². The molecule has 0 amide bonds. The monoisotopic (exact) mass is 309 g/mol. The van der Waals surface area contributed by atoms with Gasteiger partial charge in [-0.2, -0.15) is 0 Å². The summed E-state index contributed by atoms with van der Waals surface area (Å²) in [5, 5.41) is 3.45. The molecule has 1 aromatic carbocycles. The third-order valence-electron chi connectivity index (χ3n) is 2.89. The maximum absolute atomic E-state index is 5.41. The highest BCUT2D eigenvalue weighted by Crippen LogP contribution is 2.34. The number of anilines is 1. The maximum atomic E-state index is 5.41. The zero-order chi connectivity index (χ0) is 13.1. The molecule has 0 spiro atoms. The smallest absolute Gasteiger partial charge is 0.143 e. The first-order valence-corrected chi connectivity index (χ1v) is 6.54. The number of furan rings is 1. The van der Waals surface area contributed by atoms with Crippen LogP contribution in [0.25, 0.3) is 0 Å². The quantitative estimate of drug-likeness (QED) is 0.901. The van der Waals surface area contributed by atoms with Crippen LogP contribution in [0.3, 0.4) is 0 Å².